The van der Waals surface area contributed by atoms with Crippen molar-refractivity contribution in [1.82, 2.24) is 0 Å². The summed E-state index contributed by atoms with van der Waals surface area (Å²) in [5.74, 6) is -0.936. The molecule has 1 aliphatic carbocycles. The molecule has 42 heavy (non-hydrogen) atoms. The van der Waals surface area contributed by atoms with Crippen LogP contribution in [0.1, 0.15) is 62.2 Å². The number of hydrogen-bond donors (Lipinski definition) is 2. The third kappa shape index (κ3) is 6.91. The molecule has 2 N–H and O–H groups in total. The quantitative estimate of drug-likeness (QED) is 0.150. The molecule has 4 aromatic rings. The van der Waals surface area contributed by atoms with E-state index in [-0.39, 0.29) is 18.4 Å². The lowest BCUT2D eigenvalue weighted by Crippen LogP contribution is -2.20. The van der Waals surface area contributed by atoms with Crippen molar-refractivity contribution >= 4 is 51.6 Å². The lowest BCUT2D eigenvalue weighted by Gasteiger charge is -2.19. The van der Waals surface area contributed by atoms with E-state index in [1.807, 2.05) is 36.4 Å². The molecule has 0 fully saturated rings. The zero-order chi connectivity index (χ0) is 29.6. The lowest BCUT2D eigenvalue weighted by atomic mass is 9.88. The van der Waals surface area contributed by atoms with Crippen LogP contribution >= 0.6 is 23.1 Å². The molecule has 2 unspecified atom stereocenters. The molecule has 0 saturated heterocycles. The van der Waals surface area contributed by atoms with Crippen LogP contribution in [0, 0.1) is 11.7 Å². The van der Waals surface area contributed by atoms with Gasteiger partial charge in [0.05, 0.1) is 12.2 Å². The molecule has 0 bridgehead atoms. The predicted molar refractivity (Wildman–Crippen MR) is 166 cm³/mol. The van der Waals surface area contributed by atoms with Crippen LogP contribution in [0.4, 0.5) is 15.1 Å². The van der Waals surface area contributed by atoms with Crippen LogP contribution in [0.5, 0.6) is 0 Å². The van der Waals surface area contributed by atoms with Gasteiger partial charge in [0, 0.05) is 21.0 Å². The highest BCUT2D eigenvalue weighted by Crippen LogP contribution is 2.42. The van der Waals surface area contributed by atoms with Gasteiger partial charge in [-0.15, -0.1) is 23.1 Å². The molecular formula is C33H31FN2O4S2. The molecule has 1 aromatic heterocycles. The highest BCUT2D eigenvalue weighted by Gasteiger charge is 2.31. The number of ether oxygens (including phenoxy) is 1. The number of fused-ring (bicyclic) bond motifs is 1. The number of thioether (sulfide) groups is 1. The summed E-state index contributed by atoms with van der Waals surface area (Å²) in [7, 11) is 0. The molecule has 1 heterocycles. The molecule has 1 aliphatic rings. The van der Waals surface area contributed by atoms with E-state index in [0.717, 1.165) is 40.2 Å². The SMILES string of the molecule is CCOC(=O)c1c(NC(=O)C(Sc2cccc(NC(=O)c3ccc(F)cc3)c2)c2ccccc2)sc2c1CCC(C)C2. The van der Waals surface area contributed by atoms with Gasteiger partial charge >= 0.3 is 5.97 Å². The maximum Gasteiger partial charge on any atom is 0.341 e. The Hall–Kier alpha value is -3.95. The number of benzene rings is 3. The number of esters is 1. The van der Waals surface area contributed by atoms with Gasteiger partial charge in [0.2, 0.25) is 5.91 Å². The Morgan fingerprint density at radius 1 is 1.02 bits per heavy atom. The van der Waals surface area contributed by atoms with Gasteiger partial charge in [-0.3, -0.25) is 9.59 Å². The Balaban J connectivity index is 1.40. The van der Waals surface area contributed by atoms with Crippen molar-refractivity contribution in [2.24, 2.45) is 5.92 Å². The van der Waals surface area contributed by atoms with E-state index in [9.17, 15) is 18.8 Å². The molecule has 0 aliphatic heterocycles. The summed E-state index contributed by atoms with van der Waals surface area (Å²) < 4.78 is 18.7. The first-order chi connectivity index (χ1) is 20.3. The van der Waals surface area contributed by atoms with Crippen molar-refractivity contribution < 1.29 is 23.5 Å². The van der Waals surface area contributed by atoms with Gasteiger partial charge in [-0.1, -0.05) is 43.3 Å². The largest absolute Gasteiger partial charge is 0.462 e. The fourth-order valence-corrected chi connectivity index (χ4v) is 7.41. The molecule has 2 atom stereocenters. The summed E-state index contributed by atoms with van der Waals surface area (Å²) in [5.41, 5.74) is 3.14. The Bertz CT molecular complexity index is 1590. The highest BCUT2D eigenvalue weighted by molar-refractivity contribution is 8.00. The van der Waals surface area contributed by atoms with Gasteiger partial charge in [-0.25, -0.2) is 9.18 Å². The van der Waals surface area contributed by atoms with Crippen LogP contribution in [-0.2, 0) is 22.4 Å². The maximum atomic E-state index is 13.9. The third-order valence-corrected chi connectivity index (χ3v) is 9.44. The standard InChI is InChI=1S/C33H31FN2O4S2/c1-3-40-33(39)28-26-17-12-20(2)18-27(26)42-32(28)36-31(38)29(21-8-5-4-6-9-21)41-25-11-7-10-24(19-25)35-30(37)22-13-15-23(34)16-14-22/h4-11,13-16,19-20,29H,3,12,17-18H2,1-2H3,(H,35,37)(H,36,38). The summed E-state index contributed by atoms with van der Waals surface area (Å²) in [6.07, 6.45) is 2.64. The van der Waals surface area contributed by atoms with Crippen LogP contribution < -0.4 is 10.6 Å². The van der Waals surface area contributed by atoms with Crippen LogP contribution in [-0.4, -0.2) is 24.4 Å². The molecule has 0 saturated carbocycles. The van der Waals surface area contributed by atoms with E-state index in [4.69, 9.17) is 4.74 Å². The lowest BCUT2D eigenvalue weighted by molar-refractivity contribution is -0.115. The van der Waals surface area contributed by atoms with Gasteiger partial charge in [0.15, 0.2) is 0 Å². The fourth-order valence-electron chi connectivity index (χ4n) is 4.92. The fraction of sp³-hybridized carbons (Fsp3) is 0.242. The topological polar surface area (TPSA) is 84.5 Å². The molecule has 0 spiro atoms. The Kier molecular flexibility index (Phi) is 9.39. The average molecular weight is 603 g/mol. The number of carbonyl (C=O) groups is 3. The van der Waals surface area contributed by atoms with Crippen molar-refractivity contribution in [3.05, 3.63) is 112 Å². The Morgan fingerprint density at radius 2 is 1.79 bits per heavy atom. The van der Waals surface area contributed by atoms with Gasteiger partial charge in [-0.05, 0) is 85.7 Å². The number of carbonyl (C=O) groups excluding carboxylic acids is 3. The van der Waals surface area contributed by atoms with E-state index < -0.39 is 17.0 Å². The van der Waals surface area contributed by atoms with Crippen molar-refractivity contribution in [3.8, 4) is 0 Å². The van der Waals surface area contributed by atoms with Gasteiger partial charge in [0.1, 0.15) is 16.1 Å². The molecular weight excluding hydrogens is 572 g/mol. The minimum absolute atomic E-state index is 0.254. The van der Waals surface area contributed by atoms with Crippen LogP contribution in [0.25, 0.3) is 0 Å². The van der Waals surface area contributed by atoms with E-state index >= 15 is 0 Å². The molecule has 216 valence electrons. The molecule has 2 amide bonds. The van der Waals surface area contributed by atoms with Crippen molar-refractivity contribution in [1.29, 1.82) is 0 Å². The molecule has 6 nitrogen and oxygen atoms in total. The summed E-state index contributed by atoms with van der Waals surface area (Å²) in [6, 6.07) is 22.0. The molecule has 0 radical (unpaired) electrons. The minimum atomic E-state index is -0.637. The summed E-state index contributed by atoms with van der Waals surface area (Å²) in [4.78, 5) is 41.5. The zero-order valence-electron chi connectivity index (χ0n) is 23.3. The van der Waals surface area contributed by atoms with Gasteiger partial charge < -0.3 is 15.4 Å². The summed E-state index contributed by atoms with van der Waals surface area (Å²) in [5, 5.41) is 5.80. The van der Waals surface area contributed by atoms with Crippen molar-refractivity contribution in [3.63, 3.8) is 0 Å². The van der Waals surface area contributed by atoms with Crippen LogP contribution in [0.15, 0.2) is 83.8 Å². The average Bonchev–Trinajstić information content (AvgIpc) is 3.33. The number of anilines is 2. The van der Waals surface area contributed by atoms with E-state index in [0.29, 0.717) is 27.7 Å². The molecule has 3 aromatic carbocycles. The van der Waals surface area contributed by atoms with E-state index in [2.05, 4.69) is 17.6 Å². The van der Waals surface area contributed by atoms with E-state index in [1.54, 1.807) is 25.1 Å². The third-order valence-electron chi connectivity index (χ3n) is 7.02. The van der Waals surface area contributed by atoms with Crippen molar-refractivity contribution in [2.75, 3.05) is 17.2 Å². The van der Waals surface area contributed by atoms with Crippen LogP contribution in [0.2, 0.25) is 0 Å². The molecule has 9 heteroatoms. The first-order valence-electron chi connectivity index (χ1n) is 13.8. The predicted octanol–water partition coefficient (Wildman–Crippen LogP) is 7.91. The first-order valence-corrected chi connectivity index (χ1v) is 15.5. The Labute approximate surface area is 252 Å². The second-order valence-electron chi connectivity index (χ2n) is 10.2. The molecule has 5 rings (SSSR count). The smallest absolute Gasteiger partial charge is 0.341 e. The number of amides is 2. The second-order valence-corrected chi connectivity index (χ2v) is 12.4. The zero-order valence-corrected chi connectivity index (χ0v) is 24.9. The second kappa shape index (κ2) is 13.4. The number of nitrogens with one attached hydrogen (secondary N) is 2. The normalized spacial score (nSPS) is 14.9. The Morgan fingerprint density at radius 3 is 2.52 bits per heavy atom. The van der Waals surface area contributed by atoms with Crippen LogP contribution in [0.3, 0.4) is 0 Å². The summed E-state index contributed by atoms with van der Waals surface area (Å²) >= 11 is 2.81. The number of hydrogen-bond acceptors (Lipinski definition) is 6. The summed E-state index contributed by atoms with van der Waals surface area (Å²) in [6.45, 7) is 4.22. The highest BCUT2D eigenvalue weighted by atomic mass is 32.2. The van der Waals surface area contributed by atoms with Crippen molar-refractivity contribution in [2.45, 2.75) is 43.3 Å². The maximum absolute atomic E-state index is 13.9. The van der Waals surface area contributed by atoms with E-state index in [1.165, 1.54) is 47.4 Å². The number of rotatable bonds is 9. The minimum Gasteiger partial charge on any atom is -0.462 e. The number of thiophene rings is 1. The monoisotopic (exact) mass is 602 g/mol. The van der Waals surface area contributed by atoms with Gasteiger partial charge in [-0.2, -0.15) is 0 Å². The first kappa shape index (κ1) is 29.5. The van der Waals surface area contributed by atoms with Gasteiger partial charge in [0.25, 0.3) is 5.91 Å². The number of halogens is 1.